The lowest BCUT2D eigenvalue weighted by atomic mass is 9.88. The molecule has 0 spiro atoms. The number of rotatable bonds is 2. The molecule has 1 rings (SSSR count). The van der Waals surface area contributed by atoms with Crippen LogP contribution in [0.1, 0.15) is 40.5 Å². The topological polar surface area (TPSA) is 26.0 Å². The van der Waals surface area contributed by atoms with E-state index in [-0.39, 0.29) is 0 Å². The molecule has 1 heteroatoms. The van der Waals surface area contributed by atoms with Crippen LogP contribution >= 0.6 is 0 Å². The molecule has 3 atom stereocenters. The minimum absolute atomic E-state index is 0.359. The van der Waals surface area contributed by atoms with Crippen molar-refractivity contribution in [3.05, 3.63) is 0 Å². The van der Waals surface area contributed by atoms with Gasteiger partial charge in [-0.25, -0.2) is 0 Å². The minimum Gasteiger partial charge on any atom is -0.327 e. The predicted molar refractivity (Wildman–Crippen MR) is 44.8 cm³/mol. The standard InChI is InChI=1S/C9H19N/c1-5-8(3)6-9(8,4)7(2)10/h7H,5-6,10H2,1-4H3. The van der Waals surface area contributed by atoms with Gasteiger partial charge in [0.15, 0.2) is 0 Å². The van der Waals surface area contributed by atoms with Crippen LogP contribution in [0.2, 0.25) is 0 Å². The summed E-state index contributed by atoms with van der Waals surface area (Å²) in [5.74, 6) is 0. The van der Waals surface area contributed by atoms with Crippen LogP contribution in [0.3, 0.4) is 0 Å². The normalized spacial score (nSPS) is 48.9. The second kappa shape index (κ2) is 1.97. The van der Waals surface area contributed by atoms with Crippen LogP contribution in [-0.2, 0) is 0 Å². The van der Waals surface area contributed by atoms with Crippen molar-refractivity contribution in [1.82, 2.24) is 0 Å². The highest BCUT2D eigenvalue weighted by Gasteiger charge is 2.61. The first kappa shape index (κ1) is 8.06. The molecule has 0 aliphatic heterocycles. The summed E-state index contributed by atoms with van der Waals surface area (Å²) in [6.07, 6.45) is 2.58. The second-order valence-electron chi connectivity index (χ2n) is 4.30. The van der Waals surface area contributed by atoms with Gasteiger partial charge in [-0.05, 0) is 24.2 Å². The third-order valence-electron chi connectivity index (χ3n) is 3.80. The van der Waals surface area contributed by atoms with Gasteiger partial charge in [-0.2, -0.15) is 0 Å². The minimum atomic E-state index is 0.359. The van der Waals surface area contributed by atoms with E-state index in [4.69, 9.17) is 5.73 Å². The van der Waals surface area contributed by atoms with E-state index in [0.717, 1.165) is 0 Å². The average molecular weight is 141 g/mol. The van der Waals surface area contributed by atoms with E-state index >= 15 is 0 Å². The van der Waals surface area contributed by atoms with Crippen molar-refractivity contribution in [1.29, 1.82) is 0 Å². The summed E-state index contributed by atoms with van der Waals surface area (Å²) in [5, 5.41) is 0. The highest BCUT2D eigenvalue weighted by molar-refractivity contribution is 5.12. The summed E-state index contributed by atoms with van der Waals surface area (Å²) in [6.45, 7) is 9.03. The maximum absolute atomic E-state index is 5.88. The molecule has 0 aromatic rings. The Hall–Kier alpha value is -0.0400. The molecule has 60 valence electrons. The average Bonchev–Trinajstić information content (AvgIpc) is 2.39. The van der Waals surface area contributed by atoms with E-state index in [2.05, 4.69) is 27.7 Å². The Kier molecular flexibility index (Phi) is 1.59. The molecule has 1 fully saturated rings. The molecule has 0 amide bonds. The molecule has 0 radical (unpaired) electrons. The van der Waals surface area contributed by atoms with Crippen molar-refractivity contribution >= 4 is 0 Å². The summed E-state index contributed by atoms with van der Waals surface area (Å²) in [6, 6.07) is 0.359. The zero-order valence-corrected chi connectivity index (χ0v) is 7.57. The zero-order valence-electron chi connectivity index (χ0n) is 7.57. The molecule has 1 saturated carbocycles. The van der Waals surface area contributed by atoms with Crippen molar-refractivity contribution in [2.45, 2.75) is 46.6 Å². The lowest BCUT2D eigenvalue weighted by Crippen LogP contribution is -2.29. The molecule has 2 N–H and O–H groups in total. The predicted octanol–water partition coefficient (Wildman–Crippen LogP) is 2.16. The maximum atomic E-state index is 5.88. The van der Waals surface area contributed by atoms with Crippen LogP contribution in [0.5, 0.6) is 0 Å². The van der Waals surface area contributed by atoms with Crippen LogP contribution in [-0.4, -0.2) is 6.04 Å². The fourth-order valence-corrected chi connectivity index (χ4v) is 2.01. The third-order valence-corrected chi connectivity index (χ3v) is 3.80. The highest BCUT2D eigenvalue weighted by Crippen LogP contribution is 2.66. The van der Waals surface area contributed by atoms with Crippen molar-refractivity contribution in [3.8, 4) is 0 Å². The molecule has 0 saturated heterocycles. The van der Waals surface area contributed by atoms with Gasteiger partial charge >= 0.3 is 0 Å². The van der Waals surface area contributed by atoms with Gasteiger partial charge in [0, 0.05) is 6.04 Å². The Balaban J connectivity index is 2.63. The van der Waals surface area contributed by atoms with Crippen LogP contribution in [0.4, 0.5) is 0 Å². The molecule has 0 heterocycles. The first-order valence-corrected chi connectivity index (χ1v) is 4.22. The molecule has 1 nitrogen and oxygen atoms in total. The van der Waals surface area contributed by atoms with E-state index in [9.17, 15) is 0 Å². The fraction of sp³-hybridized carbons (Fsp3) is 1.00. The van der Waals surface area contributed by atoms with E-state index in [1.54, 1.807) is 0 Å². The van der Waals surface area contributed by atoms with Gasteiger partial charge in [-0.1, -0.05) is 27.2 Å². The molecule has 1 aliphatic rings. The largest absolute Gasteiger partial charge is 0.327 e. The third kappa shape index (κ3) is 0.800. The van der Waals surface area contributed by atoms with E-state index in [0.29, 0.717) is 16.9 Å². The molecule has 0 bridgehead atoms. The molecule has 10 heavy (non-hydrogen) atoms. The highest BCUT2D eigenvalue weighted by atomic mass is 14.8. The van der Waals surface area contributed by atoms with Crippen molar-refractivity contribution < 1.29 is 0 Å². The summed E-state index contributed by atoms with van der Waals surface area (Å²) in [7, 11) is 0. The number of nitrogens with two attached hydrogens (primary N) is 1. The summed E-state index contributed by atoms with van der Waals surface area (Å²) in [4.78, 5) is 0. The summed E-state index contributed by atoms with van der Waals surface area (Å²) >= 11 is 0. The zero-order chi connectivity index (χ0) is 7.99. The summed E-state index contributed by atoms with van der Waals surface area (Å²) < 4.78 is 0. The van der Waals surface area contributed by atoms with Crippen LogP contribution < -0.4 is 5.73 Å². The van der Waals surface area contributed by atoms with Gasteiger partial charge in [-0.3, -0.25) is 0 Å². The Morgan fingerprint density at radius 2 is 2.00 bits per heavy atom. The van der Waals surface area contributed by atoms with E-state index in [1.165, 1.54) is 12.8 Å². The molecule has 1 aliphatic carbocycles. The monoisotopic (exact) mass is 141 g/mol. The number of hydrogen-bond acceptors (Lipinski definition) is 1. The maximum Gasteiger partial charge on any atom is 0.00698 e. The lowest BCUT2D eigenvalue weighted by Gasteiger charge is -2.20. The van der Waals surface area contributed by atoms with E-state index < -0.39 is 0 Å². The van der Waals surface area contributed by atoms with Gasteiger partial charge in [-0.15, -0.1) is 0 Å². The van der Waals surface area contributed by atoms with Crippen molar-refractivity contribution in [3.63, 3.8) is 0 Å². The first-order valence-electron chi connectivity index (χ1n) is 4.22. The van der Waals surface area contributed by atoms with Gasteiger partial charge in [0.25, 0.3) is 0 Å². The Morgan fingerprint density at radius 1 is 1.50 bits per heavy atom. The van der Waals surface area contributed by atoms with Crippen LogP contribution in [0.15, 0.2) is 0 Å². The van der Waals surface area contributed by atoms with Crippen LogP contribution in [0.25, 0.3) is 0 Å². The summed E-state index contributed by atoms with van der Waals surface area (Å²) in [5.41, 5.74) is 6.86. The number of hydrogen-bond donors (Lipinski definition) is 1. The Bertz CT molecular complexity index is 142. The molecular weight excluding hydrogens is 122 g/mol. The quantitative estimate of drug-likeness (QED) is 0.626. The van der Waals surface area contributed by atoms with Crippen LogP contribution in [0, 0.1) is 10.8 Å². The molecule has 0 aromatic carbocycles. The first-order chi connectivity index (χ1) is 4.46. The molecule has 3 unspecified atom stereocenters. The SMILES string of the molecule is CCC1(C)CC1(C)C(C)N. The second-order valence-corrected chi connectivity index (χ2v) is 4.30. The van der Waals surface area contributed by atoms with Crippen molar-refractivity contribution in [2.24, 2.45) is 16.6 Å². The van der Waals surface area contributed by atoms with Gasteiger partial charge in [0.05, 0.1) is 0 Å². The van der Waals surface area contributed by atoms with Gasteiger partial charge in [0.2, 0.25) is 0 Å². The van der Waals surface area contributed by atoms with Gasteiger partial charge < -0.3 is 5.73 Å². The van der Waals surface area contributed by atoms with Crippen molar-refractivity contribution in [2.75, 3.05) is 0 Å². The van der Waals surface area contributed by atoms with Gasteiger partial charge in [0.1, 0.15) is 0 Å². The Labute approximate surface area is 64.0 Å². The molecular formula is C9H19N. The van der Waals surface area contributed by atoms with E-state index in [1.807, 2.05) is 0 Å². The Morgan fingerprint density at radius 3 is 2.10 bits per heavy atom. The molecule has 0 aromatic heterocycles. The lowest BCUT2D eigenvalue weighted by molar-refractivity contribution is 0.329. The smallest absolute Gasteiger partial charge is 0.00698 e. The fourth-order valence-electron chi connectivity index (χ4n) is 2.01.